The van der Waals surface area contributed by atoms with Crippen LogP contribution in [0.5, 0.6) is 0 Å². The van der Waals surface area contributed by atoms with E-state index in [9.17, 15) is 18.4 Å². The molecule has 1 atom stereocenters. The van der Waals surface area contributed by atoms with Crippen LogP contribution in [0.25, 0.3) is 0 Å². The van der Waals surface area contributed by atoms with Crippen LogP contribution in [0.15, 0.2) is 29.6 Å². The lowest BCUT2D eigenvalue weighted by molar-refractivity contribution is -0.140. The molecule has 2 amide bonds. The average Bonchev–Trinajstić information content (AvgIpc) is 3.48. The van der Waals surface area contributed by atoms with Crippen LogP contribution in [0.1, 0.15) is 51.9 Å². The number of rotatable bonds is 7. The maximum atomic E-state index is 14.9. The molecule has 0 spiro atoms. The molecule has 4 aliphatic rings. The second kappa shape index (κ2) is 11.8. The zero-order valence-corrected chi connectivity index (χ0v) is 23.5. The first-order valence-corrected chi connectivity index (χ1v) is 14.2. The minimum Gasteiger partial charge on any atom is -0.375 e. The molecular formula is C28H39F2N7O3. The lowest BCUT2D eigenvalue weighted by Crippen LogP contribution is -2.48. The van der Waals surface area contributed by atoms with E-state index in [4.69, 9.17) is 4.74 Å². The summed E-state index contributed by atoms with van der Waals surface area (Å²) in [5, 5.41) is 6.34. The number of hydrogen-bond acceptors (Lipinski definition) is 8. The van der Waals surface area contributed by atoms with Gasteiger partial charge in [-0.1, -0.05) is 25.8 Å². The van der Waals surface area contributed by atoms with Gasteiger partial charge in [-0.05, 0) is 38.3 Å². The van der Waals surface area contributed by atoms with Gasteiger partial charge in [-0.15, -0.1) is 0 Å². The number of hydrogen-bond donors (Lipinski definition) is 2. The van der Waals surface area contributed by atoms with E-state index in [2.05, 4.69) is 32.4 Å². The molecule has 0 aromatic carbocycles. The molecule has 2 aliphatic carbocycles. The number of nitrogens with zero attached hydrogens (tertiary/aromatic N) is 5. The van der Waals surface area contributed by atoms with Crippen molar-refractivity contribution >= 4 is 29.3 Å². The van der Waals surface area contributed by atoms with Crippen molar-refractivity contribution in [2.24, 2.45) is 0 Å². The summed E-state index contributed by atoms with van der Waals surface area (Å²) >= 11 is 0. The van der Waals surface area contributed by atoms with Gasteiger partial charge in [-0.25, -0.2) is 4.98 Å². The van der Waals surface area contributed by atoms with Crippen LogP contribution in [-0.4, -0.2) is 91.1 Å². The number of likely N-dealkylation sites (tertiary alicyclic amines) is 1. The van der Waals surface area contributed by atoms with Crippen LogP contribution in [0.4, 0.5) is 26.2 Å². The first kappa shape index (κ1) is 28.4. The van der Waals surface area contributed by atoms with E-state index in [1.54, 1.807) is 24.2 Å². The average molecular weight is 560 g/mol. The van der Waals surface area contributed by atoms with Crippen molar-refractivity contribution in [2.45, 2.75) is 76.0 Å². The number of ether oxygens (including phenoxy) is 1. The number of carbonyl (C=O) groups excluding carboxylic acids is 2. The molecule has 5 rings (SSSR count). The Morgan fingerprint density at radius 2 is 1.90 bits per heavy atom. The van der Waals surface area contributed by atoms with Crippen molar-refractivity contribution in [1.82, 2.24) is 20.2 Å². The molecule has 1 saturated heterocycles. The fourth-order valence-corrected chi connectivity index (χ4v) is 6.08. The molecule has 1 aromatic heterocycles. The number of halogens is 2. The number of piperidine rings is 1. The molecule has 12 heteroatoms. The molecule has 0 radical (unpaired) electrons. The van der Waals surface area contributed by atoms with Crippen molar-refractivity contribution in [3.8, 4) is 0 Å². The number of aromatic nitrogens is 2. The zero-order chi connectivity index (χ0) is 28.4. The summed E-state index contributed by atoms with van der Waals surface area (Å²) < 4.78 is 35.4. The molecule has 2 aliphatic heterocycles. The molecule has 10 nitrogen and oxygen atoms in total. The van der Waals surface area contributed by atoms with Gasteiger partial charge in [-0.2, -0.15) is 13.8 Å². The number of carbonyl (C=O) groups is 2. The maximum Gasteiger partial charge on any atom is 0.342 e. The van der Waals surface area contributed by atoms with Gasteiger partial charge in [0.1, 0.15) is 11.8 Å². The summed E-state index contributed by atoms with van der Waals surface area (Å²) in [5.41, 5.74) is 1.54. The monoisotopic (exact) mass is 559 g/mol. The first-order valence-electron chi connectivity index (χ1n) is 14.2. The largest absolute Gasteiger partial charge is 0.375 e. The topological polar surface area (TPSA) is 103 Å². The predicted octanol–water partition coefficient (Wildman–Crippen LogP) is 3.08. The highest BCUT2D eigenvalue weighted by molar-refractivity contribution is 6.02. The van der Waals surface area contributed by atoms with Gasteiger partial charge in [0.05, 0.1) is 12.7 Å². The first-order chi connectivity index (χ1) is 19.2. The molecule has 2 N–H and O–H groups in total. The number of allylic oxidation sites excluding steroid dienone is 2. The standard InChI is InChI=1S/C28H39F2N7O3/c1-4-36-13-11-19(12-14-36)32-25(38)18-9-10-21(23(15-18)40-3)33-27-31-16-22-24(34-27)37(20-7-5-6-8-20)17-28(29,30)26(39)35(22)2/h9-10,16,19-20,23H,4-8,11-15,17H2,1-3H3,(H,32,38)(H,31,33,34). The summed E-state index contributed by atoms with van der Waals surface area (Å²) in [6.45, 7) is 4.42. The Morgan fingerprint density at radius 1 is 1.18 bits per heavy atom. The van der Waals surface area contributed by atoms with Gasteiger partial charge >= 0.3 is 5.92 Å². The van der Waals surface area contributed by atoms with E-state index >= 15 is 0 Å². The molecule has 2 fully saturated rings. The molecule has 1 aromatic rings. The zero-order valence-electron chi connectivity index (χ0n) is 23.5. The maximum absolute atomic E-state index is 14.9. The van der Waals surface area contributed by atoms with E-state index < -0.39 is 24.5 Å². The van der Waals surface area contributed by atoms with Crippen molar-refractivity contribution in [1.29, 1.82) is 0 Å². The smallest absolute Gasteiger partial charge is 0.342 e. The normalized spacial score (nSPS) is 24.3. The van der Waals surface area contributed by atoms with Crippen molar-refractivity contribution in [3.63, 3.8) is 0 Å². The Balaban J connectivity index is 1.35. The van der Waals surface area contributed by atoms with Gasteiger partial charge in [0, 0.05) is 57.0 Å². The fourth-order valence-electron chi connectivity index (χ4n) is 6.08. The lowest BCUT2D eigenvalue weighted by atomic mass is 9.97. The van der Waals surface area contributed by atoms with Crippen LogP contribution in [-0.2, 0) is 14.3 Å². The number of nitrogens with one attached hydrogen (secondary N) is 2. The minimum atomic E-state index is -3.53. The van der Waals surface area contributed by atoms with Crippen LogP contribution >= 0.6 is 0 Å². The Labute approximate surface area is 233 Å². The highest BCUT2D eigenvalue weighted by atomic mass is 19.3. The summed E-state index contributed by atoms with van der Waals surface area (Å²) in [6.07, 6.45) is 10.2. The summed E-state index contributed by atoms with van der Waals surface area (Å²) in [6, 6.07) is 0.0411. The van der Waals surface area contributed by atoms with E-state index in [1.165, 1.54) is 13.2 Å². The van der Waals surface area contributed by atoms with E-state index in [0.717, 1.165) is 63.1 Å². The quantitative estimate of drug-likeness (QED) is 0.526. The molecule has 1 saturated carbocycles. The van der Waals surface area contributed by atoms with Crippen molar-refractivity contribution in [2.75, 3.05) is 55.5 Å². The SMILES string of the molecule is CCN1CCC(NC(=O)C2=CC=C(Nc3ncc4c(n3)N(C3CCCC3)CC(F)(F)C(=O)N4C)C(OC)C2)CC1. The van der Waals surface area contributed by atoms with Crippen LogP contribution in [0.3, 0.4) is 0 Å². The predicted molar refractivity (Wildman–Crippen MR) is 148 cm³/mol. The molecule has 3 heterocycles. The van der Waals surface area contributed by atoms with Gasteiger partial charge in [0.2, 0.25) is 11.9 Å². The number of fused-ring (bicyclic) bond motifs is 1. The van der Waals surface area contributed by atoms with Gasteiger partial charge in [0.25, 0.3) is 5.91 Å². The summed E-state index contributed by atoms with van der Waals surface area (Å²) in [7, 11) is 2.91. The highest BCUT2D eigenvalue weighted by Crippen LogP contribution is 2.39. The number of methoxy groups -OCH3 is 1. The van der Waals surface area contributed by atoms with Crippen LogP contribution < -0.4 is 20.4 Å². The van der Waals surface area contributed by atoms with E-state index in [0.29, 0.717) is 23.5 Å². The molecular weight excluding hydrogens is 520 g/mol. The second-order valence-corrected chi connectivity index (χ2v) is 11.1. The third-order valence-electron chi connectivity index (χ3n) is 8.55. The van der Waals surface area contributed by atoms with Gasteiger partial charge in [0.15, 0.2) is 5.82 Å². The fraction of sp³-hybridized carbons (Fsp3) is 0.643. The van der Waals surface area contributed by atoms with E-state index in [1.807, 2.05) is 0 Å². The Kier molecular flexibility index (Phi) is 8.37. The summed E-state index contributed by atoms with van der Waals surface area (Å²) in [4.78, 5) is 39.4. The molecule has 0 bridgehead atoms. The molecule has 1 unspecified atom stereocenters. The number of anilines is 3. The highest BCUT2D eigenvalue weighted by Gasteiger charge is 2.48. The number of amides is 2. The Bertz CT molecular complexity index is 1180. The lowest BCUT2D eigenvalue weighted by Gasteiger charge is -2.32. The third kappa shape index (κ3) is 5.83. The van der Waals surface area contributed by atoms with Crippen molar-refractivity contribution < 1.29 is 23.1 Å². The van der Waals surface area contributed by atoms with Crippen molar-refractivity contribution in [3.05, 3.63) is 29.6 Å². The van der Waals surface area contributed by atoms with E-state index in [-0.39, 0.29) is 29.6 Å². The summed E-state index contributed by atoms with van der Waals surface area (Å²) in [5.74, 6) is -4.36. The second-order valence-electron chi connectivity index (χ2n) is 11.1. The molecule has 40 heavy (non-hydrogen) atoms. The molecule has 218 valence electrons. The minimum absolute atomic E-state index is 0.0885. The van der Waals surface area contributed by atoms with Crippen LogP contribution in [0.2, 0.25) is 0 Å². The van der Waals surface area contributed by atoms with Crippen LogP contribution in [0, 0.1) is 0 Å². The Hall–Kier alpha value is -3.12. The number of alkyl halides is 2. The Morgan fingerprint density at radius 3 is 2.58 bits per heavy atom. The third-order valence-corrected chi connectivity index (χ3v) is 8.55. The van der Waals surface area contributed by atoms with Gasteiger partial charge < -0.3 is 30.1 Å². The van der Waals surface area contributed by atoms with Gasteiger partial charge in [-0.3, -0.25) is 9.59 Å².